The summed E-state index contributed by atoms with van der Waals surface area (Å²) in [5.41, 5.74) is 0. The predicted octanol–water partition coefficient (Wildman–Crippen LogP) is 1.26. The first kappa shape index (κ1) is 15.9. The minimum Gasteiger partial charge on any atom is -0.352 e. The van der Waals surface area contributed by atoms with Crippen molar-refractivity contribution in [2.75, 3.05) is 39.3 Å². The van der Waals surface area contributed by atoms with Gasteiger partial charge >= 0.3 is 0 Å². The number of amides is 1. The number of likely N-dealkylation sites (tertiary alicyclic amines) is 1. The first-order valence-electron chi connectivity index (χ1n) is 7.15. The molecule has 0 aromatic heterocycles. The van der Waals surface area contributed by atoms with Crippen molar-refractivity contribution in [1.82, 2.24) is 15.1 Å². The Kier molecular flexibility index (Phi) is 7.45. The number of carbonyl (C=O) groups excluding carboxylic acids is 1. The van der Waals surface area contributed by atoms with Gasteiger partial charge in [-0.3, -0.25) is 9.69 Å². The molecule has 0 atom stereocenters. The third-order valence-corrected chi connectivity index (χ3v) is 3.54. The van der Waals surface area contributed by atoms with Gasteiger partial charge in [-0.25, -0.2) is 0 Å². The Bertz CT molecular complexity index is 286. The average Bonchev–Trinajstić information content (AvgIpc) is 2.40. The van der Waals surface area contributed by atoms with Crippen molar-refractivity contribution in [1.29, 1.82) is 0 Å². The number of piperidine rings is 1. The summed E-state index contributed by atoms with van der Waals surface area (Å²) in [5.74, 6) is 0.110. The van der Waals surface area contributed by atoms with Crippen LogP contribution in [0.5, 0.6) is 0 Å². The molecule has 4 heteroatoms. The van der Waals surface area contributed by atoms with Crippen LogP contribution in [0, 0.1) is 0 Å². The first-order chi connectivity index (χ1) is 9.19. The van der Waals surface area contributed by atoms with Gasteiger partial charge in [0.25, 0.3) is 0 Å². The van der Waals surface area contributed by atoms with E-state index in [1.165, 1.54) is 0 Å². The zero-order valence-electron chi connectivity index (χ0n) is 12.1. The van der Waals surface area contributed by atoms with Crippen LogP contribution in [-0.2, 0) is 4.79 Å². The van der Waals surface area contributed by atoms with Gasteiger partial charge in [0.15, 0.2) is 0 Å². The molecule has 1 N–H and O–H groups in total. The van der Waals surface area contributed by atoms with Gasteiger partial charge in [0.05, 0.1) is 6.54 Å². The third kappa shape index (κ3) is 6.03. The highest BCUT2D eigenvalue weighted by Crippen LogP contribution is 2.09. The number of carbonyl (C=O) groups is 1. The Morgan fingerprint density at radius 2 is 1.89 bits per heavy atom. The monoisotopic (exact) mass is 265 g/mol. The lowest BCUT2D eigenvalue weighted by Crippen LogP contribution is -2.47. The molecule has 0 saturated carbocycles. The summed E-state index contributed by atoms with van der Waals surface area (Å²) in [7, 11) is 0. The molecule has 1 amide bonds. The van der Waals surface area contributed by atoms with E-state index in [0.717, 1.165) is 32.5 Å². The van der Waals surface area contributed by atoms with Crippen LogP contribution < -0.4 is 5.32 Å². The summed E-state index contributed by atoms with van der Waals surface area (Å²) in [6.07, 6.45) is 5.75. The normalized spacial score (nSPS) is 17.4. The van der Waals surface area contributed by atoms with Gasteiger partial charge in [0.2, 0.25) is 5.91 Å². The van der Waals surface area contributed by atoms with Crippen LogP contribution in [0.4, 0.5) is 0 Å². The zero-order valence-corrected chi connectivity index (χ0v) is 12.1. The molecule has 1 saturated heterocycles. The van der Waals surface area contributed by atoms with Gasteiger partial charge in [-0.2, -0.15) is 0 Å². The minimum absolute atomic E-state index is 0.110. The molecule has 0 aromatic carbocycles. The van der Waals surface area contributed by atoms with Crippen molar-refractivity contribution < 1.29 is 4.79 Å². The van der Waals surface area contributed by atoms with Crippen LogP contribution in [0.3, 0.4) is 0 Å². The molecule has 19 heavy (non-hydrogen) atoms. The van der Waals surface area contributed by atoms with Crippen LogP contribution in [-0.4, -0.2) is 61.0 Å². The maximum atomic E-state index is 12.0. The number of hydrogen-bond acceptors (Lipinski definition) is 3. The van der Waals surface area contributed by atoms with E-state index in [2.05, 4.69) is 30.3 Å². The molecule has 4 nitrogen and oxygen atoms in total. The summed E-state index contributed by atoms with van der Waals surface area (Å²) in [5, 5.41) is 3.13. The molecule has 0 aliphatic carbocycles. The van der Waals surface area contributed by atoms with Crippen LogP contribution in [0.1, 0.15) is 19.8 Å². The first-order valence-corrected chi connectivity index (χ1v) is 7.15. The summed E-state index contributed by atoms with van der Waals surface area (Å²) in [6, 6.07) is 0.338. The quantitative estimate of drug-likeness (QED) is 0.671. The van der Waals surface area contributed by atoms with Gasteiger partial charge in [0.1, 0.15) is 0 Å². The van der Waals surface area contributed by atoms with Crippen LogP contribution in [0.25, 0.3) is 0 Å². The highest BCUT2D eigenvalue weighted by atomic mass is 16.2. The molecule has 1 fully saturated rings. The molecule has 0 spiro atoms. The number of nitrogens with one attached hydrogen (secondary N) is 1. The highest BCUT2D eigenvalue weighted by molar-refractivity contribution is 5.78. The van der Waals surface area contributed by atoms with Crippen LogP contribution in [0.2, 0.25) is 0 Å². The minimum atomic E-state index is 0.110. The van der Waals surface area contributed by atoms with E-state index in [-0.39, 0.29) is 5.91 Å². The van der Waals surface area contributed by atoms with E-state index in [4.69, 9.17) is 0 Å². The molecular weight excluding hydrogens is 238 g/mol. The molecule has 0 unspecified atom stereocenters. The number of rotatable bonds is 8. The second-order valence-corrected chi connectivity index (χ2v) is 5.05. The lowest BCUT2D eigenvalue weighted by molar-refractivity contribution is -0.123. The van der Waals surface area contributed by atoms with E-state index in [1.807, 2.05) is 17.1 Å². The Morgan fingerprint density at radius 3 is 2.37 bits per heavy atom. The van der Waals surface area contributed by atoms with Gasteiger partial charge < -0.3 is 10.2 Å². The Balaban J connectivity index is 2.30. The highest BCUT2D eigenvalue weighted by Gasteiger charge is 2.20. The van der Waals surface area contributed by atoms with Crippen LogP contribution in [0.15, 0.2) is 25.3 Å². The molecule has 1 rings (SSSR count). The van der Waals surface area contributed by atoms with E-state index >= 15 is 0 Å². The van der Waals surface area contributed by atoms with E-state index in [0.29, 0.717) is 25.7 Å². The second-order valence-electron chi connectivity index (χ2n) is 5.05. The Labute approximate surface area is 117 Å². The lowest BCUT2D eigenvalue weighted by Gasteiger charge is -2.31. The fraction of sp³-hybridized carbons (Fsp3) is 0.667. The second kappa shape index (κ2) is 8.88. The van der Waals surface area contributed by atoms with Crippen LogP contribution >= 0.6 is 0 Å². The van der Waals surface area contributed by atoms with Crippen molar-refractivity contribution >= 4 is 5.91 Å². The molecule has 0 bridgehead atoms. The van der Waals surface area contributed by atoms with Crippen molar-refractivity contribution in [3.63, 3.8) is 0 Å². The maximum Gasteiger partial charge on any atom is 0.234 e. The van der Waals surface area contributed by atoms with Crippen molar-refractivity contribution in [2.45, 2.75) is 25.8 Å². The fourth-order valence-electron chi connectivity index (χ4n) is 2.44. The summed E-state index contributed by atoms with van der Waals surface area (Å²) >= 11 is 0. The van der Waals surface area contributed by atoms with Crippen molar-refractivity contribution in [2.24, 2.45) is 0 Å². The standard InChI is InChI=1S/C15H27N3O/c1-4-9-18(10-5-2)13-15(19)16-14-7-11-17(6-3)12-8-14/h4-5,14H,1-2,6-13H2,3H3,(H,16,19). The third-order valence-electron chi connectivity index (χ3n) is 3.54. The van der Waals surface area contributed by atoms with Gasteiger partial charge in [-0.15, -0.1) is 13.2 Å². The largest absolute Gasteiger partial charge is 0.352 e. The summed E-state index contributed by atoms with van der Waals surface area (Å²) in [4.78, 5) is 16.4. The predicted molar refractivity (Wildman–Crippen MR) is 80.1 cm³/mol. The summed E-state index contributed by atoms with van der Waals surface area (Å²) in [6.45, 7) is 14.7. The van der Waals surface area contributed by atoms with E-state index in [1.54, 1.807) is 0 Å². The molecule has 0 radical (unpaired) electrons. The Morgan fingerprint density at radius 1 is 1.32 bits per heavy atom. The van der Waals surface area contributed by atoms with Gasteiger partial charge in [0, 0.05) is 32.2 Å². The average molecular weight is 265 g/mol. The molecule has 1 heterocycles. The summed E-state index contributed by atoms with van der Waals surface area (Å²) < 4.78 is 0. The zero-order chi connectivity index (χ0) is 14.1. The van der Waals surface area contributed by atoms with Gasteiger partial charge in [-0.05, 0) is 19.4 Å². The van der Waals surface area contributed by atoms with Crippen molar-refractivity contribution in [3.8, 4) is 0 Å². The maximum absolute atomic E-state index is 12.0. The molecule has 1 aliphatic heterocycles. The van der Waals surface area contributed by atoms with E-state index < -0.39 is 0 Å². The van der Waals surface area contributed by atoms with Crippen molar-refractivity contribution in [3.05, 3.63) is 25.3 Å². The lowest BCUT2D eigenvalue weighted by atomic mass is 10.1. The smallest absolute Gasteiger partial charge is 0.234 e. The SMILES string of the molecule is C=CCN(CC=C)CC(=O)NC1CCN(CC)CC1. The fourth-order valence-corrected chi connectivity index (χ4v) is 2.44. The molecular formula is C15H27N3O. The van der Waals surface area contributed by atoms with E-state index in [9.17, 15) is 4.79 Å². The number of hydrogen-bond donors (Lipinski definition) is 1. The molecule has 1 aliphatic rings. The topological polar surface area (TPSA) is 35.6 Å². The Hall–Kier alpha value is -1.13. The van der Waals surface area contributed by atoms with Gasteiger partial charge in [-0.1, -0.05) is 19.1 Å². The molecule has 0 aromatic rings. The molecule has 108 valence electrons. The number of nitrogens with zero attached hydrogens (tertiary/aromatic N) is 2.